The lowest BCUT2D eigenvalue weighted by atomic mass is 9.77. The molecule has 2 N–H and O–H groups in total. The molecule has 6 aromatic rings. The topological polar surface area (TPSA) is 59.4 Å². The fourth-order valence-electron chi connectivity index (χ4n) is 6.39. The van der Waals surface area contributed by atoms with E-state index in [0.29, 0.717) is 11.3 Å². The highest BCUT2D eigenvalue weighted by Gasteiger charge is 2.39. The van der Waals surface area contributed by atoms with Gasteiger partial charge in [0.05, 0.1) is 23.8 Å². The highest BCUT2D eigenvalue weighted by atomic mass is 19.1. The predicted octanol–water partition coefficient (Wildman–Crippen LogP) is 7.52. The lowest BCUT2D eigenvalue weighted by Crippen LogP contribution is -2.42. The molecule has 2 heterocycles. The highest BCUT2D eigenvalue weighted by molar-refractivity contribution is 6.17. The summed E-state index contributed by atoms with van der Waals surface area (Å²) in [6.45, 7) is 2.03. The number of aliphatic imine (C=N–C) groups is 1. The van der Waals surface area contributed by atoms with E-state index in [2.05, 4.69) is 88.5 Å². The third kappa shape index (κ3) is 4.51. The quantitative estimate of drug-likeness (QED) is 0.208. The highest BCUT2D eigenvalue weighted by Crippen LogP contribution is 2.43. The minimum Gasteiger partial charge on any atom is -0.318 e. The Hall–Kier alpha value is -5.33. The van der Waals surface area contributed by atoms with Crippen LogP contribution in [0.15, 0.2) is 157 Å². The van der Waals surface area contributed by atoms with E-state index < -0.39 is 11.7 Å². The van der Waals surface area contributed by atoms with Crippen molar-refractivity contribution in [2.75, 3.05) is 4.90 Å². The number of para-hydroxylation sites is 1. The summed E-state index contributed by atoms with van der Waals surface area (Å²) in [5.41, 5.74) is 12.0. The van der Waals surface area contributed by atoms with Gasteiger partial charge in [-0.2, -0.15) is 0 Å². The molecule has 44 heavy (non-hydrogen) atoms. The Bertz CT molecular complexity index is 1820. The van der Waals surface area contributed by atoms with Crippen LogP contribution in [0.3, 0.4) is 0 Å². The molecule has 1 aromatic heterocycles. The van der Waals surface area contributed by atoms with E-state index in [1.54, 1.807) is 12.1 Å². The summed E-state index contributed by atoms with van der Waals surface area (Å²) in [5, 5.41) is 0. The van der Waals surface area contributed by atoms with Crippen LogP contribution in [0.4, 0.5) is 15.9 Å². The molecule has 0 amide bonds. The fourth-order valence-corrected chi connectivity index (χ4v) is 6.39. The third-order valence-corrected chi connectivity index (χ3v) is 8.51. The molecule has 0 aliphatic carbocycles. The van der Waals surface area contributed by atoms with Gasteiger partial charge < -0.3 is 15.2 Å². The molecule has 216 valence electrons. The molecule has 2 atom stereocenters. The van der Waals surface area contributed by atoms with Crippen LogP contribution in [-0.2, 0) is 5.54 Å². The SMILES string of the molecule is CC1C(N)N=C(c2ccccc2F)c2ccccc2N1c1cn(C(c2ccccc2)(c2ccccc2)c2ccccc2)cn1. The molecule has 0 spiro atoms. The molecular formula is C38H32FN5. The summed E-state index contributed by atoms with van der Waals surface area (Å²) >= 11 is 0. The molecule has 6 heteroatoms. The number of aromatic nitrogens is 2. The average Bonchev–Trinajstić information content (AvgIpc) is 3.52. The van der Waals surface area contributed by atoms with E-state index in [9.17, 15) is 0 Å². The second kappa shape index (κ2) is 11.4. The van der Waals surface area contributed by atoms with Gasteiger partial charge in [0, 0.05) is 17.3 Å². The smallest absolute Gasteiger partial charge is 0.151 e. The maximum Gasteiger partial charge on any atom is 0.151 e. The van der Waals surface area contributed by atoms with Crippen LogP contribution in [0.2, 0.25) is 0 Å². The average molecular weight is 578 g/mol. The van der Waals surface area contributed by atoms with Crippen LogP contribution < -0.4 is 10.6 Å². The first-order chi connectivity index (χ1) is 21.6. The summed E-state index contributed by atoms with van der Waals surface area (Å²) < 4.78 is 17.3. The Balaban J connectivity index is 1.44. The Labute approximate surface area is 256 Å². The summed E-state index contributed by atoms with van der Waals surface area (Å²) in [7, 11) is 0. The van der Waals surface area contributed by atoms with Crippen LogP contribution in [0.5, 0.6) is 0 Å². The Kier molecular flexibility index (Phi) is 7.12. The van der Waals surface area contributed by atoms with Crippen molar-refractivity contribution in [3.05, 3.63) is 186 Å². The summed E-state index contributed by atoms with van der Waals surface area (Å²) in [4.78, 5) is 12.0. The Morgan fingerprint density at radius 2 is 1.16 bits per heavy atom. The molecule has 1 aliphatic rings. The second-order valence-electron chi connectivity index (χ2n) is 11.0. The minimum absolute atomic E-state index is 0.275. The maximum absolute atomic E-state index is 15.1. The lowest BCUT2D eigenvalue weighted by Gasteiger charge is -2.37. The summed E-state index contributed by atoms with van der Waals surface area (Å²) in [6, 6.07) is 45.8. The predicted molar refractivity (Wildman–Crippen MR) is 175 cm³/mol. The van der Waals surface area contributed by atoms with Crippen molar-refractivity contribution in [3.8, 4) is 0 Å². The molecule has 0 saturated heterocycles. The van der Waals surface area contributed by atoms with Gasteiger partial charge in [0.25, 0.3) is 0 Å². The number of benzene rings is 5. The largest absolute Gasteiger partial charge is 0.318 e. The van der Waals surface area contributed by atoms with E-state index in [-0.39, 0.29) is 11.9 Å². The zero-order valence-electron chi connectivity index (χ0n) is 24.3. The molecule has 0 bridgehead atoms. The number of anilines is 2. The molecule has 5 aromatic carbocycles. The van der Waals surface area contributed by atoms with Gasteiger partial charge in [0.1, 0.15) is 17.5 Å². The molecule has 7 rings (SSSR count). The van der Waals surface area contributed by atoms with Crippen LogP contribution in [0, 0.1) is 5.82 Å². The number of halogens is 1. The van der Waals surface area contributed by atoms with Crippen LogP contribution in [0.25, 0.3) is 0 Å². The molecule has 2 unspecified atom stereocenters. The standard InChI is InChI=1S/C38H32FN5/c1-27-37(40)42-36(31-21-11-13-23-33(31)39)32-22-12-14-24-34(32)44(27)35-25-43(26-41-35)38(28-15-5-2-6-16-28,29-17-7-3-8-18-29)30-19-9-4-10-20-30/h2-27,37H,40H2,1H3. The molecule has 1 aliphatic heterocycles. The van der Waals surface area contributed by atoms with Crippen molar-refractivity contribution >= 4 is 17.2 Å². The molecule has 0 radical (unpaired) electrons. The Morgan fingerprint density at radius 3 is 1.73 bits per heavy atom. The van der Waals surface area contributed by atoms with Crippen molar-refractivity contribution in [1.82, 2.24) is 9.55 Å². The van der Waals surface area contributed by atoms with Crippen LogP contribution >= 0.6 is 0 Å². The zero-order chi connectivity index (χ0) is 30.1. The first-order valence-corrected chi connectivity index (χ1v) is 14.8. The van der Waals surface area contributed by atoms with Crippen LogP contribution in [0.1, 0.15) is 34.7 Å². The molecular weight excluding hydrogens is 545 g/mol. The fraction of sp³-hybridized carbons (Fsp3) is 0.105. The number of nitrogens with zero attached hydrogens (tertiary/aromatic N) is 4. The van der Waals surface area contributed by atoms with Gasteiger partial charge in [-0.3, -0.25) is 4.99 Å². The maximum atomic E-state index is 15.1. The van der Waals surface area contributed by atoms with E-state index in [1.807, 2.05) is 61.8 Å². The monoisotopic (exact) mass is 577 g/mol. The first-order valence-electron chi connectivity index (χ1n) is 14.8. The van der Waals surface area contributed by atoms with Crippen molar-refractivity contribution in [2.24, 2.45) is 10.7 Å². The lowest BCUT2D eigenvalue weighted by molar-refractivity contribution is 0.514. The van der Waals surface area contributed by atoms with Gasteiger partial charge in [0.2, 0.25) is 0 Å². The third-order valence-electron chi connectivity index (χ3n) is 8.51. The number of hydrogen-bond donors (Lipinski definition) is 1. The van der Waals surface area contributed by atoms with Crippen molar-refractivity contribution in [3.63, 3.8) is 0 Å². The number of fused-ring (bicyclic) bond motifs is 1. The van der Waals surface area contributed by atoms with Gasteiger partial charge in [-0.25, -0.2) is 9.37 Å². The number of imidazole rings is 1. The van der Waals surface area contributed by atoms with E-state index in [0.717, 1.165) is 33.8 Å². The number of benzodiazepines with no additional fused rings is 1. The molecule has 0 fully saturated rings. The normalized spacial score (nSPS) is 16.6. The van der Waals surface area contributed by atoms with E-state index >= 15 is 4.39 Å². The van der Waals surface area contributed by atoms with Crippen molar-refractivity contribution in [1.29, 1.82) is 0 Å². The van der Waals surface area contributed by atoms with Gasteiger partial charge in [-0.1, -0.05) is 121 Å². The summed E-state index contributed by atoms with van der Waals surface area (Å²) in [5.74, 6) is 0.384. The van der Waals surface area contributed by atoms with Crippen molar-refractivity contribution < 1.29 is 4.39 Å². The van der Waals surface area contributed by atoms with Crippen molar-refractivity contribution in [2.45, 2.75) is 24.7 Å². The van der Waals surface area contributed by atoms with E-state index in [1.165, 1.54) is 6.07 Å². The minimum atomic E-state index is -0.708. The van der Waals surface area contributed by atoms with Gasteiger partial charge in [-0.05, 0) is 41.8 Å². The number of rotatable bonds is 6. The summed E-state index contributed by atoms with van der Waals surface area (Å²) in [6.07, 6.45) is 3.35. The first kappa shape index (κ1) is 27.5. The second-order valence-corrected chi connectivity index (χ2v) is 11.0. The van der Waals surface area contributed by atoms with Gasteiger partial charge >= 0.3 is 0 Å². The molecule has 0 saturated carbocycles. The van der Waals surface area contributed by atoms with Gasteiger partial charge in [-0.15, -0.1) is 0 Å². The van der Waals surface area contributed by atoms with E-state index in [4.69, 9.17) is 15.7 Å². The van der Waals surface area contributed by atoms with Crippen LogP contribution in [-0.4, -0.2) is 27.5 Å². The Morgan fingerprint density at radius 1 is 0.659 bits per heavy atom. The number of nitrogens with two attached hydrogens (primary N) is 1. The number of hydrogen-bond acceptors (Lipinski definition) is 4. The van der Waals surface area contributed by atoms with Gasteiger partial charge in [0.15, 0.2) is 5.82 Å². The zero-order valence-corrected chi connectivity index (χ0v) is 24.3. The molecule has 5 nitrogen and oxygen atoms in total.